The maximum atomic E-state index is 12.9. The van der Waals surface area contributed by atoms with E-state index in [0.29, 0.717) is 47.1 Å². The number of anilines is 1. The molecule has 9 heteroatoms. The molecule has 0 radical (unpaired) electrons. The number of aromatic nitrogens is 2. The fraction of sp³-hybridized carbons (Fsp3) is 0.476. The minimum Gasteiger partial charge on any atom is -0.310 e. The summed E-state index contributed by atoms with van der Waals surface area (Å²) in [5.74, 6) is 0.163. The predicted molar refractivity (Wildman–Crippen MR) is 115 cm³/mol. The molecule has 2 heterocycles. The summed E-state index contributed by atoms with van der Waals surface area (Å²) in [7, 11) is -3.70. The number of hydrogen-bond acceptors (Lipinski definition) is 5. The van der Waals surface area contributed by atoms with Crippen LogP contribution >= 0.6 is 0 Å². The monoisotopic (exact) mass is 432 g/mol. The van der Waals surface area contributed by atoms with Gasteiger partial charge >= 0.3 is 0 Å². The Morgan fingerprint density at radius 2 is 1.97 bits per heavy atom. The smallest absolute Gasteiger partial charge is 0.249 e. The first-order valence-corrected chi connectivity index (χ1v) is 11.7. The molecule has 1 aromatic heterocycles. The Kier molecular flexibility index (Phi) is 6.42. The lowest BCUT2D eigenvalue weighted by molar-refractivity contribution is -0.116. The number of sulfonamides is 1. The number of nitrogens with zero attached hydrogens (tertiary/aromatic N) is 2. The van der Waals surface area contributed by atoms with Crippen molar-refractivity contribution in [1.82, 2.24) is 14.5 Å². The van der Waals surface area contributed by atoms with Gasteiger partial charge in [0.15, 0.2) is 0 Å². The Balaban J connectivity index is 2.09. The van der Waals surface area contributed by atoms with Crippen LogP contribution < -0.4 is 10.0 Å². The molecule has 0 spiro atoms. The zero-order valence-electron chi connectivity index (χ0n) is 17.8. The van der Waals surface area contributed by atoms with E-state index < -0.39 is 10.0 Å². The summed E-state index contributed by atoms with van der Waals surface area (Å²) in [6, 6.07) is 5.11. The molecule has 1 aliphatic heterocycles. The van der Waals surface area contributed by atoms with Crippen LogP contribution in [0.4, 0.5) is 5.82 Å². The Labute approximate surface area is 177 Å². The second-order valence-corrected chi connectivity index (χ2v) is 9.67. The van der Waals surface area contributed by atoms with E-state index in [-0.39, 0.29) is 29.6 Å². The number of carbonyl (C=O) groups excluding carboxylic acids is 2. The van der Waals surface area contributed by atoms with Crippen LogP contribution in [0.5, 0.6) is 0 Å². The molecule has 0 fully saturated rings. The molecule has 0 bridgehead atoms. The number of nitrogens with one attached hydrogen (secondary N) is 2. The van der Waals surface area contributed by atoms with Crippen molar-refractivity contribution in [1.29, 1.82) is 0 Å². The molecule has 0 atom stereocenters. The summed E-state index contributed by atoms with van der Waals surface area (Å²) >= 11 is 0. The van der Waals surface area contributed by atoms with E-state index in [1.807, 2.05) is 20.8 Å². The van der Waals surface area contributed by atoms with Crippen molar-refractivity contribution in [3.8, 4) is 11.1 Å². The lowest BCUT2D eigenvalue weighted by Gasteiger charge is -2.13. The van der Waals surface area contributed by atoms with Crippen molar-refractivity contribution in [3.05, 3.63) is 29.5 Å². The van der Waals surface area contributed by atoms with Gasteiger partial charge in [-0.1, -0.05) is 32.9 Å². The Bertz CT molecular complexity index is 1090. The number of aryl methyl sites for hydroxylation is 2. The van der Waals surface area contributed by atoms with Crippen LogP contribution in [-0.2, 0) is 21.2 Å². The molecule has 30 heavy (non-hydrogen) atoms. The maximum absolute atomic E-state index is 12.9. The van der Waals surface area contributed by atoms with E-state index in [9.17, 15) is 18.0 Å². The van der Waals surface area contributed by atoms with E-state index >= 15 is 0 Å². The molecule has 2 N–H and O–H groups in total. The molecule has 3 rings (SSSR count). The second kappa shape index (κ2) is 8.69. The predicted octanol–water partition coefficient (Wildman–Crippen LogP) is 3.12. The normalized spacial score (nSPS) is 14.6. The third-order valence-electron chi connectivity index (χ3n) is 5.13. The van der Waals surface area contributed by atoms with Gasteiger partial charge in [0.2, 0.25) is 21.8 Å². The molecule has 0 saturated carbocycles. The van der Waals surface area contributed by atoms with Crippen LogP contribution in [0.1, 0.15) is 56.1 Å². The first-order valence-electron chi connectivity index (χ1n) is 10.2. The lowest BCUT2D eigenvalue weighted by atomic mass is 10.0. The number of amides is 1. The van der Waals surface area contributed by atoms with Gasteiger partial charge in [0.25, 0.3) is 0 Å². The molecule has 0 unspecified atom stereocenters. The van der Waals surface area contributed by atoms with Crippen molar-refractivity contribution in [2.45, 2.75) is 58.3 Å². The van der Waals surface area contributed by atoms with E-state index in [1.54, 1.807) is 25.1 Å². The van der Waals surface area contributed by atoms with Gasteiger partial charge in [-0.15, -0.1) is 0 Å². The zero-order chi connectivity index (χ0) is 22.1. The Morgan fingerprint density at radius 1 is 1.23 bits per heavy atom. The SMILES string of the molecule is CCc1nn2c(c1-c1ccc(C)c(S(=O)(=O)NCCC(C)C)c1)NC(=O)CCC2=O. The summed E-state index contributed by atoms with van der Waals surface area (Å²) in [4.78, 5) is 24.7. The van der Waals surface area contributed by atoms with E-state index in [0.717, 1.165) is 6.42 Å². The number of benzene rings is 1. The minimum atomic E-state index is -3.70. The van der Waals surface area contributed by atoms with E-state index in [2.05, 4.69) is 15.1 Å². The number of carbonyl (C=O) groups is 2. The highest BCUT2D eigenvalue weighted by atomic mass is 32.2. The average Bonchev–Trinajstić information content (AvgIpc) is 2.97. The van der Waals surface area contributed by atoms with Crippen molar-refractivity contribution in [3.63, 3.8) is 0 Å². The van der Waals surface area contributed by atoms with Crippen molar-refractivity contribution in [2.75, 3.05) is 11.9 Å². The van der Waals surface area contributed by atoms with Crippen molar-refractivity contribution >= 4 is 27.7 Å². The number of hydrogen-bond donors (Lipinski definition) is 2. The molecule has 1 amide bonds. The van der Waals surface area contributed by atoms with Crippen LogP contribution in [0, 0.1) is 12.8 Å². The van der Waals surface area contributed by atoms with Crippen LogP contribution in [0.15, 0.2) is 23.1 Å². The minimum absolute atomic E-state index is 0.0798. The fourth-order valence-corrected chi connectivity index (χ4v) is 4.75. The van der Waals surface area contributed by atoms with E-state index in [1.165, 1.54) is 4.68 Å². The molecule has 0 saturated heterocycles. The molecular formula is C21H28N4O4S. The molecular weight excluding hydrogens is 404 g/mol. The van der Waals surface area contributed by atoms with Crippen LogP contribution in [0.2, 0.25) is 0 Å². The van der Waals surface area contributed by atoms with Gasteiger partial charge in [-0.3, -0.25) is 9.59 Å². The van der Waals surface area contributed by atoms with Gasteiger partial charge in [-0.05, 0) is 42.9 Å². The highest BCUT2D eigenvalue weighted by molar-refractivity contribution is 7.89. The van der Waals surface area contributed by atoms with Gasteiger partial charge in [-0.25, -0.2) is 13.1 Å². The topological polar surface area (TPSA) is 110 Å². The van der Waals surface area contributed by atoms with Gasteiger partial charge in [-0.2, -0.15) is 9.78 Å². The Hall–Kier alpha value is -2.52. The first kappa shape index (κ1) is 22.2. The van der Waals surface area contributed by atoms with Gasteiger partial charge in [0.1, 0.15) is 5.82 Å². The maximum Gasteiger partial charge on any atom is 0.249 e. The van der Waals surface area contributed by atoms with Crippen LogP contribution in [0.25, 0.3) is 11.1 Å². The van der Waals surface area contributed by atoms with Crippen LogP contribution in [0.3, 0.4) is 0 Å². The van der Waals surface area contributed by atoms with Gasteiger partial charge in [0.05, 0.1) is 10.6 Å². The molecule has 1 aliphatic rings. The van der Waals surface area contributed by atoms with E-state index in [4.69, 9.17) is 0 Å². The summed E-state index contributed by atoms with van der Waals surface area (Å²) < 4.78 is 29.7. The zero-order valence-corrected chi connectivity index (χ0v) is 18.6. The number of fused-ring (bicyclic) bond motifs is 1. The highest BCUT2D eigenvalue weighted by Crippen LogP contribution is 2.35. The van der Waals surface area contributed by atoms with Crippen molar-refractivity contribution in [2.24, 2.45) is 5.92 Å². The Morgan fingerprint density at radius 3 is 2.63 bits per heavy atom. The molecule has 162 valence electrons. The standard InChI is InChI=1S/C21H28N4O4S/c1-5-16-20(21-23-18(26)8-9-19(27)25(21)24-16)15-7-6-14(4)17(12-15)30(28,29)22-11-10-13(2)3/h6-7,12-13,22H,5,8-11H2,1-4H3,(H,23,26). The largest absolute Gasteiger partial charge is 0.310 e. The van der Waals surface area contributed by atoms with Gasteiger partial charge < -0.3 is 5.32 Å². The first-order chi connectivity index (χ1) is 14.1. The molecule has 2 aromatic rings. The third-order valence-corrected chi connectivity index (χ3v) is 6.74. The number of rotatable bonds is 7. The summed E-state index contributed by atoms with van der Waals surface area (Å²) in [5, 5.41) is 7.16. The summed E-state index contributed by atoms with van der Waals surface area (Å²) in [6.45, 7) is 8.07. The van der Waals surface area contributed by atoms with Crippen molar-refractivity contribution < 1.29 is 18.0 Å². The molecule has 0 aliphatic carbocycles. The fourth-order valence-electron chi connectivity index (χ4n) is 3.44. The highest BCUT2D eigenvalue weighted by Gasteiger charge is 2.28. The summed E-state index contributed by atoms with van der Waals surface area (Å²) in [6.07, 6.45) is 1.44. The average molecular weight is 433 g/mol. The molecule has 1 aromatic carbocycles. The van der Waals surface area contributed by atoms with Gasteiger partial charge in [0, 0.05) is 24.9 Å². The molecule has 8 nitrogen and oxygen atoms in total. The van der Waals surface area contributed by atoms with Crippen LogP contribution in [-0.4, -0.2) is 36.6 Å². The quantitative estimate of drug-likeness (QED) is 0.698. The summed E-state index contributed by atoms with van der Waals surface area (Å²) in [5.41, 5.74) is 2.42. The lowest BCUT2D eigenvalue weighted by Crippen LogP contribution is -2.26. The third kappa shape index (κ3) is 4.46. The second-order valence-electron chi connectivity index (χ2n) is 7.94.